The first-order chi connectivity index (χ1) is 15.7. The first kappa shape index (κ1) is 19.3. The lowest BCUT2D eigenvalue weighted by molar-refractivity contribution is 0.932. The molecule has 0 bridgehead atoms. The minimum atomic E-state index is 0.598. The van der Waals surface area contributed by atoms with Gasteiger partial charge in [0.05, 0.1) is 22.4 Å². The van der Waals surface area contributed by atoms with Crippen molar-refractivity contribution in [2.75, 3.05) is 0 Å². The van der Waals surface area contributed by atoms with Gasteiger partial charge in [0.25, 0.3) is 0 Å². The Hall–Kier alpha value is -3.36. The van der Waals surface area contributed by atoms with Gasteiger partial charge in [-0.1, -0.05) is 44.0 Å². The summed E-state index contributed by atoms with van der Waals surface area (Å²) in [6.45, 7) is 0. The van der Waals surface area contributed by atoms with E-state index in [1.807, 2.05) is 36.4 Å². The Morgan fingerprint density at radius 2 is 0.938 bits per heavy atom. The number of rotatable bonds is 3. The number of hydrogen-bond acceptors (Lipinski definition) is 4. The van der Waals surface area contributed by atoms with Crippen molar-refractivity contribution < 1.29 is 0 Å². The van der Waals surface area contributed by atoms with Crippen molar-refractivity contribution in [2.24, 2.45) is 0 Å². The van der Waals surface area contributed by atoms with Crippen molar-refractivity contribution in [3.63, 3.8) is 0 Å². The molecule has 0 atom stereocenters. The minimum absolute atomic E-state index is 0.598. The average molecular weight is 546 g/mol. The fourth-order valence-corrected chi connectivity index (χ4v) is 4.95. The highest BCUT2D eigenvalue weighted by Gasteiger charge is 2.22. The van der Waals surface area contributed by atoms with Gasteiger partial charge in [0.15, 0.2) is 0 Å². The third kappa shape index (κ3) is 2.98. The lowest BCUT2D eigenvalue weighted by Gasteiger charge is -2.12. The molecule has 0 aliphatic heterocycles. The number of fused-ring (bicyclic) bond motifs is 2. The molecule has 6 aromatic rings. The summed E-state index contributed by atoms with van der Waals surface area (Å²) in [7, 11) is 0. The predicted molar refractivity (Wildman–Crippen MR) is 132 cm³/mol. The van der Waals surface area contributed by atoms with Gasteiger partial charge in [-0.15, -0.1) is 0 Å². The van der Waals surface area contributed by atoms with Gasteiger partial charge in [-0.2, -0.15) is 0 Å². The quantitative estimate of drug-likeness (QED) is 0.260. The number of nitrogens with zero attached hydrogens (tertiary/aromatic N) is 6. The summed E-state index contributed by atoms with van der Waals surface area (Å²) in [5.41, 5.74) is 3.89. The zero-order valence-corrected chi connectivity index (χ0v) is 19.7. The number of halogens is 2. The predicted octanol–water partition coefficient (Wildman–Crippen LogP) is 6.35. The van der Waals surface area contributed by atoms with Crippen LogP contribution in [0.4, 0.5) is 0 Å². The molecule has 0 aliphatic rings. The van der Waals surface area contributed by atoms with E-state index < -0.39 is 0 Å². The molecule has 0 unspecified atom stereocenters. The highest BCUT2D eigenvalue weighted by Crippen LogP contribution is 2.39. The van der Waals surface area contributed by atoms with Crippen LogP contribution in [0.15, 0.2) is 94.4 Å². The molecule has 0 fully saturated rings. The highest BCUT2D eigenvalue weighted by atomic mass is 79.9. The van der Waals surface area contributed by atoms with Gasteiger partial charge in [-0.3, -0.25) is 9.13 Å². The molecule has 0 N–H and O–H groups in total. The molecule has 0 radical (unpaired) electrons. The Labute approximate surface area is 199 Å². The van der Waals surface area contributed by atoms with Crippen molar-refractivity contribution in [1.82, 2.24) is 29.1 Å². The Balaban J connectivity index is 1.77. The lowest BCUT2D eigenvalue weighted by Crippen LogP contribution is -2.06. The molecule has 6 nitrogen and oxygen atoms in total. The van der Waals surface area contributed by atoms with Gasteiger partial charge in [0, 0.05) is 44.5 Å². The highest BCUT2D eigenvalue weighted by molar-refractivity contribution is 9.11. The molecule has 0 saturated heterocycles. The maximum Gasteiger partial charge on any atom is 0.234 e. The van der Waals surface area contributed by atoms with Gasteiger partial charge < -0.3 is 0 Å². The summed E-state index contributed by atoms with van der Waals surface area (Å²) in [5.74, 6) is 1.20. The molecule has 6 rings (SSSR count). The molecule has 32 heavy (non-hydrogen) atoms. The van der Waals surface area contributed by atoms with Crippen LogP contribution in [0.5, 0.6) is 0 Å². The SMILES string of the molecule is Brc1cccc2c1cc(-c1cc3c(Br)cccc3n1-c1ncccn1)n2-c1ncccn1. The Kier molecular flexibility index (Phi) is 4.62. The second-order valence-electron chi connectivity index (χ2n) is 7.17. The molecule has 2 aromatic carbocycles. The normalized spacial score (nSPS) is 11.4. The van der Waals surface area contributed by atoms with Crippen molar-refractivity contribution in [3.8, 4) is 23.3 Å². The maximum atomic E-state index is 4.55. The molecule has 0 aliphatic carbocycles. The van der Waals surface area contributed by atoms with Crippen LogP contribution in [0.2, 0.25) is 0 Å². The van der Waals surface area contributed by atoms with Gasteiger partial charge >= 0.3 is 0 Å². The maximum absolute atomic E-state index is 4.55. The molecule has 4 aromatic heterocycles. The largest absolute Gasteiger partial charge is 0.276 e. The van der Waals surface area contributed by atoms with Crippen LogP contribution in [0, 0.1) is 0 Å². The summed E-state index contributed by atoms with van der Waals surface area (Å²) < 4.78 is 6.15. The molecule has 0 spiro atoms. The van der Waals surface area contributed by atoms with Crippen molar-refractivity contribution in [2.45, 2.75) is 0 Å². The van der Waals surface area contributed by atoms with Crippen molar-refractivity contribution >= 4 is 53.7 Å². The minimum Gasteiger partial charge on any atom is -0.276 e. The molecular formula is C24H14Br2N6. The zero-order chi connectivity index (χ0) is 21.7. The second-order valence-corrected chi connectivity index (χ2v) is 8.88. The van der Waals surface area contributed by atoms with Gasteiger partial charge in [0.1, 0.15) is 0 Å². The standard InChI is InChI=1S/C24H14Br2N6/c25-17-5-1-7-19-15(17)13-21(31(19)23-27-9-3-10-28-23)22-14-16-18(26)6-2-8-20(16)32(22)24-29-11-4-12-30-24/h1-14H. The van der Waals surface area contributed by atoms with Crippen LogP contribution in [0.1, 0.15) is 0 Å². The van der Waals surface area contributed by atoms with Crippen molar-refractivity contribution in [3.05, 3.63) is 94.4 Å². The third-order valence-corrected chi connectivity index (χ3v) is 6.74. The van der Waals surface area contributed by atoms with E-state index >= 15 is 0 Å². The van der Waals surface area contributed by atoms with E-state index in [1.54, 1.807) is 24.8 Å². The van der Waals surface area contributed by atoms with Crippen LogP contribution < -0.4 is 0 Å². The number of aromatic nitrogens is 6. The van der Waals surface area contributed by atoms with E-state index in [0.29, 0.717) is 11.9 Å². The number of benzene rings is 2. The van der Waals surface area contributed by atoms with E-state index in [-0.39, 0.29) is 0 Å². The molecule has 154 valence electrons. The molecular weight excluding hydrogens is 532 g/mol. The summed E-state index contributed by atoms with van der Waals surface area (Å²) in [6.07, 6.45) is 7.01. The monoisotopic (exact) mass is 544 g/mol. The van der Waals surface area contributed by atoms with Gasteiger partial charge in [-0.05, 0) is 48.5 Å². The molecule has 0 saturated carbocycles. The third-order valence-electron chi connectivity index (χ3n) is 5.35. The summed E-state index contributed by atoms with van der Waals surface area (Å²) in [6, 6.07) is 20.2. The second kappa shape index (κ2) is 7.65. The Bertz CT molecular complexity index is 1470. The van der Waals surface area contributed by atoms with E-state index in [0.717, 1.165) is 42.1 Å². The molecule has 8 heteroatoms. The van der Waals surface area contributed by atoms with Crippen LogP contribution in [0.3, 0.4) is 0 Å². The topological polar surface area (TPSA) is 61.4 Å². The summed E-state index contributed by atoms with van der Waals surface area (Å²) in [5, 5.41) is 2.14. The summed E-state index contributed by atoms with van der Waals surface area (Å²) in [4.78, 5) is 18.2. The Morgan fingerprint density at radius 1 is 0.531 bits per heavy atom. The lowest BCUT2D eigenvalue weighted by atomic mass is 10.2. The average Bonchev–Trinajstić information content (AvgIpc) is 3.41. The van der Waals surface area contributed by atoms with Gasteiger partial charge in [-0.25, -0.2) is 19.9 Å². The smallest absolute Gasteiger partial charge is 0.234 e. The van der Waals surface area contributed by atoms with E-state index in [2.05, 4.69) is 85.2 Å². The first-order valence-corrected chi connectivity index (χ1v) is 11.5. The first-order valence-electron chi connectivity index (χ1n) is 9.87. The van der Waals surface area contributed by atoms with Crippen molar-refractivity contribution in [1.29, 1.82) is 0 Å². The molecule has 0 amide bonds. The van der Waals surface area contributed by atoms with Crippen LogP contribution in [0.25, 0.3) is 45.1 Å². The van der Waals surface area contributed by atoms with Gasteiger partial charge in [0.2, 0.25) is 11.9 Å². The van der Waals surface area contributed by atoms with Crippen LogP contribution >= 0.6 is 31.9 Å². The zero-order valence-electron chi connectivity index (χ0n) is 16.5. The van der Waals surface area contributed by atoms with E-state index in [1.165, 1.54) is 0 Å². The van der Waals surface area contributed by atoms with Crippen LogP contribution in [-0.2, 0) is 0 Å². The van der Waals surface area contributed by atoms with E-state index in [9.17, 15) is 0 Å². The van der Waals surface area contributed by atoms with E-state index in [4.69, 9.17) is 0 Å². The fourth-order valence-electron chi connectivity index (χ4n) is 4.01. The Morgan fingerprint density at radius 3 is 1.34 bits per heavy atom. The fraction of sp³-hybridized carbons (Fsp3) is 0. The number of hydrogen-bond donors (Lipinski definition) is 0. The summed E-state index contributed by atoms with van der Waals surface area (Å²) >= 11 is 7.41. The molecule has 4 heterocycles. The van der Waals surface area contributed by atoms with Crippen LogP contribution in [-0.4, -0.2) is 29.1 Å².